The molecule has 1 N–H and O–H groups in total. The zero-order valence-corrected chi connectivity index (χ0v) is 18.0. The Labute approximate surface area is 193 Å². The van der Waals surface area contributed by atoms with Gasteiger partial charge in [0.15, 0.2) is 0 Å². The molecule has 3 aromatic rings. The van der Waals surface area contributed by atoms with Gasteiger partial charge in [-0.05, 0) is 48.9 Å². The van der Waals surface area contributed by atoms with Crippen LogP contribution in [0.15, 0.2) is 78.9 Å². The third-order valence-electron chi connectivity index (χ3n) is 5.04. The van der Waals surface area contributed by atoms with Crippen LogP contribution in [-0.2, 0) is 11.8 Å². The van der Waals surface area contributed by atoms with Crippen LogP contribution in [0.4, 0.5) is 23.7 Å². The fraction of sp³-hybridized carbons (Fsp3) is 0.208. The van der Waals surface area contributed by atoms with E-state index in [1.165, 1.54) is 36.4 Å². The van der Waals surface area contributed by atoms with Crippen LogP contribution in [0, 0.1) is 10.1 Å². The van der Waals surface area contributed by atoms with Gasteiger partial charge in [-0.15, -0.1) is 0 Å². The number of nitrogens with one attached hydrogen (secondary N) is 1. The second-order valence-corrected chi connectivity index (χ2v) is 7.54. The van der Waals surface area contributed by atoms with Crippen molar-refractivity contribution in [3.8, 4) is 11.5 Å². The SMILES string of the molecule is CC(CCNC(=O)Oc1ccc([N+](=O)[O-])cc1)(Oc1ccc(C(F)(F)F)cc1)c1ccccc1. The molecule has 0 bridgehead atoms. The Morgan fingerprint density at radius 2 is 1.50 bits per heavy atom. The lowest BCUT2D eigenvalue weighted by Gasteiger charge is -2.31. The summed E-state index contributed by atoms with van der Waals surface area (Å²) in [4.78, 5) is 22.3. The van der Waals surface area contributed by atoms with E-state index >= 15 is 0 Å². The zero-order valence-electron chi connectivity index (χ0n) is 18.0. The van der Waals surface area contributed by atoms with Crippen molar-refractivity contribution in [3.05, 3.63) is 100 Å². The Morgan fingerprint density at radius 1 is 0.912 bits per heavy atom. The number of amides is 1. The molecule has 0 fully saturated rings. The van der Waals surface area contributed by atoms with Crippen molar-refractivity contribution in [1.82, 2.24) is 5.32 Å². The van der Waals surface area contributed by atoms with E-state index < -0.39 is 28.4 Å². The summed E-state index contributed by atoms with van der Waals surface area (Å²) >= 11 is 0. The minimum absolute atomic E-state index is 0.123. The van der Waals surface area contributed by atoms with Gasteiger partial charge in [0, 0.05) is 25.1 Å². The van der Waals surface area contributed by atoms with Crippen molar-refractivity contribution in [2.75, 3.05) is 6.54 Å². The van der Waals surface area contributed by atoms with Gasteiger partial charge in [0.2, 0.25) is 0 Å². The highest BCUT2D eigenvalue weighted by atomic mass is 19.4. The minimum Gasteiger partial charge on any atom is -0.483 e. The topological polar surface area (TPSA) is 90.7 Å². The van der Waals surface area contributed by atoms with Gasteiger partial charge in [-0.3, -0.25) is 10.1 Å². The van der Waals surface area contributed by atoms with Gasteiger partial charge >= 0.3 is 12.3 Å². The molecule has 0 aromatic heterocycles. The van der Waals surface area contributed by atoms with Gasteiger partial charge in [0.25, 0.3) is 5.69 Å². The summed E-state index contributed by atoms with van der Waals surface area (Å²) in [5.74, 6) is 0.378. The van der Waals surface area contributed by atoms with Crippen molar-refractivity contribution in [2.24, 2.45) is 0 Å². The summed E-state index contributed by atoms with van der Waals surface area (Å²) in [6, 6.07) is 18.5. The summed E-state index contributed by atoms with van der Waals surface area (Å²) < 4.78 is 49.7. The molecule has 3 rings (SSSR count). The second-order valence-electron chi connectivity index (χ2n) is 7.54. The van der Waals surface area contributed by atoms with E-state index in [1.807, 2.05) is 18.2 Å². The molecule has 178 valence electrons. The number of nitro benzene ring substituents is 1. The van der Waals surface area contributed by atoms with E-state index in [0.717, 1.165) is 17.7 Å². The zero-order chi connectivity index (χ0) is 24.8. The van der Waals surface area contributed by atoms with Crippen LogP contribution in [0.25, 0.3) is 0 Å². The number of rotatable bonds is 8. The Balaban J connectivity index is 1.65. The summed E-state index contributed by atoms with van der Waals surface area (Å²) in [7, 11) is 0. The van der Waals surface area contributed by atoms with Crippen LogP contribution in [0.2, 0.25) is 0 Å². The quantitative estimate of drug-likeness (QED) is 0.315. The fourth-order valence-corrected chi connectivity index (χ4v) is 3.20. The molecule has 34 heavy (non-hydrogen) atoms. The first-order valence-corrected chi connectivity index (χ1v) is 10.2. The lowest BCUT2D eigenvalue weighted by atomic mass is 9.92. The van der Waals surface area contributed by atoms with Crippen molar-refractivity contribution < 1.29 is 32.4 Å². The lowest BCUT2D eigenvalue weighted by molar-refractivity contribution is -0.384. The molecule has 0 saturated carbocycles. The van der Waals surface area contributed by atoms with E-state index in [4.69, 9.17) is 9.47 Å². The monoisotopic (exact) mass is 474 g/mol. The van der Waals surface area contributed by atoms with Gasteiger partial charge < -0.3 is 14.8 Å². The molecule has 7 nitrogen and oxygen atoms in total. The van der Waals surface area contributed by atoms with Crippen molar-refractivity contribution in [2.45, 2.75) is 25.1 Å². The largest absolute Gasteiger partial charge is 0.483 e. The molecule has 10 heteroatoms. The molecule has 0 aliphatic rings. The molecule has 0 spiro atoms. The van der Waals surface area contributed by atoms with Crippen LogP contribution < -0.4 is 14.8 Å². The number of carbonyl (C=O) groups is 1. The molecule has 0 saturated heterocycles. The standard InChI is InChI=1S/C24H21F3N2O5/c1-23(17-5-3-2-4-6-17,34-21-11-7-18(8-12-21)24(25,26)27)15-16-28-22(30)33-20-13-9-19(10-14-20)29(31)32/h2-14H,15-16H2,1H3,(H,28,30). The summed E-state index contributed by atoms with van der Waals surface area (Å²) in [6.45, 7) is 1.89. The van der Waals surface area contributed by atoms with Crippen LogP contribution in [0.3, 0.4) is 0 Å². The fourth-order valence-electron chi connectivity index (χ4n) is 3.20. The first kappa shape index (κ1) is 24.6. The van der Waals surface area contributed by atoms with Crippen LogP contribution in [0.1, 0.15) is 24.5 Å². The highest BCUT2D eigenvalue weighted by Gasteiger charge is 2.32. The molecule has 1 amide bonds. The van der Waals surface area contributed by atoms with Crippen LogP contribution in [0.5, 0.6) is 11.5 Å². The molecule has 0 aliphatic carbocycles. The number of nitro groups is 1. The van der Waals surface area contributed by atoms with Crippen molar-refractivity contribution >= 4 is 11.8 Å². The maximum atomic E-state index is 12.9. The van der Waals surface area contributed by atoms with Gasteiger partial charge in [-0.25, -0.2) is 4.79 Å². The smallest absolute Gasteiger partial charge is 0.416 e. The van der Waals surface area contributed by atoms with Gasteiger partial charge in [-0.2, -0.15) is 13.2 Å². The third kappa shape index (κ3) is 6.47. The lowest BCUT2D eigenvalue weighted by Crippen LogP contribution is -2.36. The maximum Gasteiger partial charge on any atom is 0.416 e. The molecule has 3 aromatic carbocycles. The van der Waals surface area contributed by atoms with Crippen LogP contribution in [-0.4, -0.2) is 17.6 Å². The number of carbonyl (C=O) groups excluding carboxylic acids is 1. The van der Waals surface area contributed by atoms with Crippen LogP contribution >= 0.6 is 0 Å². The summed E-state index contributed by atoms with van der Waals surface area (Å²) in [5.41, 5.74) is -1.12. The highest BCUT2D eigenvalue weighted by molar-refractivity contribution is 5.70. The van der Waals surface area contributed by atoms with Gasteiger partial charge in [0.05, 0.1) is 10.5 Å². The second kappa shape index (κ2) is 10.2. The van der Waals surface area contributed by atoms with E-state index in [1.54, 1.807) is 19.1 Å². The number of benzene rings is 3. The number of alkyl halides is 3. The maximum absolute atomic E-state index is 12.9. The average molecular weight is 474 g/mol. The first-order chi connectivity index (χ1) is 16.1. The predicted molar refractivity (Wildman–Crippen MR) is 118 cm³/mol. The van der Waals surface area contributed by atoms with E-state index in [0.29, 0.717) is 0 Å². The molecule has 0 aliphatic heterocycles. The minimum atomic E-state index is -4.45. The predicted octanol–water partition coefficient (Wildman–Crippen LogP) is 6.09. The number of nitrogens with zero attached hydrogens (tertiary/aromatic N) is 1. The number of ether oxygens (including phenoxy) is 2. The Kier molecular flexibility index (Phi) is 7.40. The molecule has 0 radical (unpaired) electrons. The third-order valence-corrected chi connectivity index (χ3v) is 5.04. The highest BCUT2D eigenvalue weighted by Crippen LogP contribution is 2.34. The average Bonchev–Trinajstić information content (AvgIpc) is 2.80. The Morgan fingerprint density at radius 3 is 2.06 bits per heavy atom. The Hall–Kier alpha value is -4.08. The number of hydrogen-bond acceptors (Lipinski definition) is 5. The van der Waals surface area contributed by atoms with E-state index in [9.17, 15) is 28.1 Å². The van der Waals surface area contributed by atoms with Gasteiger partial charge in [0.1, 0.15) is 17.1 Å². The number of halogens is 3. The molecular weight excluding hydrogens is 453 g/mol. The molecule has 0 heterocycles. The van der Waals surface area contributed by atoms with Crippen molar-refractivity contribution in [3.63, 3.8) is 0 Å². The van der Waals surface area contributed by atoms with E-state index in [-0.39, 0.29) is 30.2 Å². The molecule has 1 atom stereocenters. The number of hydrogen-bond donors (Lipinski definition) is 1. The van der Waals surface area contributed by atoms with Gasteiger partial charge in [-0.1, -0.05) is 30.3 Å². The summed E-state index contributed by atoms with van der Waals surface area (Å²) in [6.07, 6.45) is -4.94. The first-order valence-electron chi connectivity index (χ1n) is 10.2. The number of non-ortho nitro benzene ring substituents is 1. The summed E-state index contributed by atoms with van der Waals surface area (Å²) in [5, 5.41) is 13.3. The molecule has 1 unspecified atom stereocenters. The van der Waals surface area contributed by atoms with E-state index in [2.05, 4.69) is 5.32 Å². The Bertz CT molecular complexity index is 1120. The normalized spacial score (nSPS) is 12.9. The molecular formula is C24H21F3N2O5. The van der Waals surface area contributed by atoms with Crippen molar-refractivity contribution in [1.29, 1.82) is 0 Å².